The lowest BCUT2D eigenvalue weighted by atomic mass is 10.1. The molecule has 1 amide bonds. The monoisotopic (exact) mass is 494 g/mol. The van der Waals surface area contributed by atoms with Crippen LogP contribution >= 0.6 is 23.2 Å². The first kappa shape index (κ1) is 24.1. The highest BCUT2D eigenvalue weighted by atomic mass is 35.5. The van der Waals surface area contributed by atoms with Gasteiger partial charge in [-0.2, -0.15) is 10.1 Å². The maximum absolute atomic E-state index is 13.4. The molecule has 0 saturated heterocycles. The van der Waals surface area contributed by atoms with Gasteiger partial charge in [0.05, 0.1) is 12.1 Å². The van der Waals surface area contributed by atoms with E-state index < -0.39 is 36.6 Å². The Hall–Kier alpha value is -2.56. The second-order valence-corrected chi connectivity index (χ2v) is 7.52. The van der Waals surface area contributed by atoms with Crippen LogP contribution in [0.2, 0.25) is 10.0 Å². The largest absolute Gasteiger partial charge is 0.496 e. The average molecular weight is 495 g/mol. The number of benzene rings is 2. The van der Waals surface area contributed by atoms with Gasteiger partial charge in [0.15, 0.2) is 0 Å². The molecule has 1 aliphatic rings. The van der Waals surface area contributed by atoms with Gasteiger partial charge in [-0.3, -0.25) is 4.79 Å². The Bertz CT molecular complexity index is 1050. The van der Waals surface area contributed by atoms with Crippen molar-refractivity contribution in [2.75, 3.05) is 7.11 Å². The van der Waals surface area contributed by atoms with Crippen LogP contribution in [0.25, 0.3) is 0 Å². The summed E-state index contributed by atoms with van der Waals surface area (Å²) in [7, 11) is 1.36. The van der Waals surface area contributed by atoms with Crippen molar-refractivity contribution in [1.29, 1.82) is 0 Å². The zero-order valence-corrected chi connectivity index (χ0v) is 17.9. The van der Waals surface area contributed by atoms with Gasteiger partial charge in [0, 0.05) is 17.5 Å². The van der Waals surface area contributed by atoms with Gasteiger partial charge in [0.2, 0.25) is 5.72 Å². The first-order valence-electron chi connectivity index (χ1n) is 9.02. The summed E-state index contributed by atoms with van der Waals surface area (Å²) >= 11 is 12.0. The minimum atomic E-state index is -3.53. The third kappa shape index (κ3) is 4.62. The van der Waals surface area contributed by atoms with Crippen LogP contribution in [0.3, 0.4) is 0 Å². The molecule has 0 aromatic heterocycles. The highest BCUT2D eigenvalue weighted by Crippen LogP contribution is 2.36. The normalized spacial score (nSPS) is 18.3. The van der Waals surface area contributed by atoms with Gasteiger partial charge in [0.1, 0.15) is 28.8 Å². The number of aliphatic hydroxyl groups is 1. The number of hydrogen-bond donors (Lipinski definition) is 1. The maximum Gasteiger partial charge on any atom is 0.287 e. The van der Waals surface area contributed by atoms with Crippen molar-refractivity contribution in [3.8, 4) is 11.5 Å². The molecule has 1 atom stereocenters. The fraction of sp³-hybridized carbons (Fsp3) is 0.300. The lowest BCUT2D eigenvalue weighted by molar-refractivity contribution is -0.164. The van der Waals surface area contributed by atoms with Gasteiger partial charge in [-0.1, -0.05) is 29.3 Å². The van der Waals surface area contributed by atoms with E-state index >= 15 is 0 Å². The summed E-state index contributed by atoms with van der Waals surface area (Å²) in [5.74, 6) is -0.661. The molecule has 0 fully saturated rings. The summed E-state index contributed by atoms with van der Waals surface area (Å²) in [4.78, 5) is 12.8. The van der Waals surface area contributed by atoms with E-state index in [9.17, 15) is 27.5 Å². The third-order valence-electron chi connectivity index (χ3n) is 4.66. The molecule has 0 aliphatic carbocycles. The highest BCUT2D eigenvalue weighted by Gasteiger charge is 2.53. The van der Waals surface area contributed by atoms with Gasteiger partial charge < -0.3 is 14.6 Å². The predicted octanol–water partition coefficient (Wildman–Crippen LogP) is 5.00. The molecular weight excluding hydrogens is 479 g/mol. The predicted molar refractivity (Wildman–Crippen MR) is 109 cm³/mol. The van der Waals surface area contributed by atoms with Gasteiger partial charge in [-0.05, 0) is 30.3 Å². The molecule has 32 heavy (non-hydrogen) atoms. The fourth-order valence-corrected chi connectivity index (χ4v) is 3.35. The quantitative estimate of drug-likeness (QED) is 0.549. The molecule has 1 aliphatic heterocycles. The first-order chi connectivity index (χ1) is 15.1. The molecule has 0 saturated carbocycles. The molecule has 6 nitrogen and oxygen atoms in total. The second-order valence-electron chi connectivity index (χ2n) is 6.73. The van der Waals surface area contributed by atoms with Crippen LogP contribution in [0.4, 0.5) is 17.6 Å². The molecule has 12 heteroatoms. The van der Waals surface area contributed by atoms with Crippen LogP contribution in [-0.4, -0.2) is 47.4 Å². The number of hydrazone groups is 1. The van der Waals surface area contributed by atoms with E-state index in [1.54, 1.807) is 18.2 Å². The molecule has 1 N–H and O–H groups in total. The molecule has 2 aromatic rings. The summed E-state index contributed by atoms with van der Waals surface area (Å²) in [6.45, 7) is -0.158. The molecule has 0 radical (unpaired) electrons. The van der Waals surface area contributed by atoms with Gasteiger partial charge in [0.25, 0.3) is 18.8 Å². The molecule has 1 heterocycles. The number of ether oxygens (including phenoxy) is 2. The Balaban J connectivity index is 1.91. The number of nitrogens with zero attached hydrogens (tertiary/aromatic N) is 2. The average Bonchev–Trinajstić information content (AvgIpc) is 3.13. The number of carbonyl (C=O) groups is 1. The summed E-state index contributed by atoms with van der Waals surface area (Å²) < 4.78 is 63.7. The highest BCUT2D eigenvalue weighted by molar-refractivity contribution is 6.42. The van der Waals surface area contributed by atoms with Crippen molar-refractivity contribution >= 4 is 34.8 Å². The zero-order valence-electron chi connectivity index (χ0n) is 16.4. The number of methoxy groups -OCH3 is 1. The van der Waals surface area contributed by atoms with Crippen molar-refractivity contribution in [3.63, 3.8) is 0 Å². The van der Waals surface area contributed by atoms with E-state index in [2.05, 4.69) is 5.10 Å². The summed E-state index contributed by atoms with van der Waals surface area (Å²) in [6.07, 6.45) is -7.91. The van der Waals surface area contributed by atoms with E-state index in [0.29, 0.717) is 11.3 Å². The molecular formula is C20H16Cl2F4N2O4. The fourth-order valence-electron chi connectivity index (χ4n) is 3.00. The Kier molecular flexibility index (Phi) is 7.16. The standard InChI is InChI=1S/C20H16Cl2F4N2O4/c1-31-14-6-5-10(7-11(14)9-32-15-4-2-3-12(21)16(15)22)18(29)28-20(30,19(25)26)8-13(27-28)17(23)24/h2-7,17,19,30H,8-9H2,1H3. The number of alkyl halides is 4. The Morgan fingerprint density at radius 1 is 1.22 bits per heavy atom. The summed E-state index contributed by atoms with van der Waals surface area (Å²) in [5, 5.41) is 13.8. The molecule has 0 spiro atoms. The Morgan fingerprint density at radius 2 is 1.94 bits per heavy atom. The Morgan fingerprint density at radius 3 is 2.56 bits per heavy atom. The molecule has 1 unspecified atom stereocenters. The van der Waals surface area contributed by atoms with Gasteiger partial charge in [-0.25, -0.2) is 17.6 Å². The van der Waals surface area contributed by atoms with E-state index in [1.807, 2.05) is 0 Å². The SMILES string of the molecule is COc1ccc(C(=O)N2N=C(C(F)F)CC2(O)C(F)F)cc1COc1cccc(Cl)c1Cl. The van der Waals surface area contributed by atoms with E-state index in [4.69, 9.17) is 32.7 Å². The number of amides is 1. The first-order valence-corrected chi connectivity index (χ1v) is 9.78. The lowest BCUT2D eigenvalue weighted by Crippen LogP contribution is -2.51. The second kappa shape index (κ2) is 9.51. The number of carbonyl (C=O) groups excluding carboxylic acids is 1. The van der Waals surface area contributed by atoms with E-state index in [0.717, 1.165) is 0 Å². The van der Waals surface area contributed by atoms with E-state index in [1.165, 1.54) is 25.3 Å². The van der Waals surface area contributed by atoms with Crippen LogP contribution in [-0.2, 0) is 6.61 Å². The number of halogens is 6. The lowest BCUT2D eigenvalue weighted by Gasteiger charge is -2.30. The van der Waals surface area contributed by atoms with Gasteiger partial charge in [-0.15, -0.1) is 0 Å². The summed E-state index contributed by atoms with van der Waals surface area (Å²) in [6, 6.07) is 8.56. The van der Waals surface area contributed by atoms with Crippen LogP contribution in [0, 0.1) is 0 Å². The van der Waals surface area contributed by atoms with Crippen molar-refractivity contribution in [2.24, 2.45) is 5.10 Å². The van der Waals surface area contributed by atoms with Crippen molar-refractivity contribution in [3.05, 3.63) is 57.6 Å². The third-order valence-corrected chi connectivity index (χ3v) is 5.46. The van der Waals surface area contributed by atoms with Crippen molar-refractivity contribution < 1.29 is 36.9 Å². The zero-order chi connectivity index (χ0) is 23.6. The van der Waals surface area contributed by atoms with Crippen LogP contribution in [0.1, 0.15) is 22.3 Å². The van der Waals surface area contributed by atoms with Crippen LogP contribution in [0.15, 0.2) is 41.5 Å². The number of rotatable bonds is 7. The number of hydrogen-bond acceptors (Lipinski definition) is 5. The summed E-state index contributed by atoms with van der Waals surface area (Å²) in [5.41, 5.74) is -4.10. The van der Waals surface area contributed by atoms with Gasteiger partial charge >= 0.3 is 0 Å². The molecule has 3 rings (SSSR count). The smallest absolute Gasteiger partial charge is 0.287 e. The van der Waals surface area contributed by atoms with E-state index in [-0.39, 0.29) is 33.0 Å². The molecule has 0 bridgehead atoms. The molecule has 2 aromatic carbocycles. The van der Waals surface area contributed by atoms with Crippen molar-refractivity contribution in [2.45, 2.75) is 31.6 Å². The minimum absolute atomic E-state index is 0.0144. The van der Waals surface area contributed by atoms with Crippen molar-refractivity contribution in [1.82, 2.24) is 5.01 Å². The maximum atomic E-state index is 13.4. The topological polar surface area (TPSA) is 71.4 Å². The molecule has 172 valence electrons. The minimum Gasteiger partial charge on any atom is -0.496 e. The Labute approximate surface area is 189 Å². The van der Waals surface area contributed by atoms with Crippen LogP contribution in [0.5, 0.6) is 11.5 Å². The van der Waals surface area contributed by atoms with Crippen LogP contribution < -0.4 is 9.47 Å².